The molecule has 1 N–H and O–H groups in total. The number of aryl methyl sites for hydroxylation is 3. The number of nitrogens with one attached hydrogen (secondary N) is 1. The average Bonchev–Trinajstić information content (AvgIpc) is 2.70. The highest BCUT2D eigenvalue weighted by Gasteiger charge is 2.14. The molecule has 2 rings (SSSR count). The minimum absolute atomic E-state index is 0.229. The van der Waals surface area contributed by atoms with Gasteiger partial charge in [0.25, 0.3) is 0 Å². The highest BCUT2D eigenvalue weighted by atomic mass is 32.1. The van der Waals surface area contributed by atoms with Crippen molar-refractivity contribution in [3.63, 3.8) is 0 Å². The standard InChI is InChI=1S/C16H19F2NS/c1-9-5-13(20-12(9)4)8-19-11(3)14-7-15(17)10(2)6-16(14)18/h5-7,11,19H,8H2,1-4H3. The van der Waals surface area contributed by atoms with E-state index in [1.807, 2.05) is 6.92 Å². The lowest BCUT2D eigenvalue weighted by Crippen LogP contribution is -2.19. The lowest BCUT2D eigenvalue weighted by Gasteiger charge is -2.15. The van der Waals surface area contributed by atoms with Gasteiger partial charge in [0.1, 0.15) is 11.6 Å². The van der Waals surface area contributed by atoms with Crippen molar-refractivity contribution in [3.05, 3.63) is 56.3 Å². The minimum Gasteiger partial charge on any atom is -0.305 e. The number of halogens is 2. The fraction of sp³-hybridized carbons (Fsp3) is 0.375. The zero-order chi connectivity index (χ0) is 14.9. The van der Waals surface area contributed by atoms with E-state index in [9.17, 15) is 8.78 Å². The van der Waals surface area contributed by atoms with Crippen LogP contribution in [-0.2, 0) is 6.54 Å². The second-order valence-electron chi connectivity index (χ2n) is 5.18. The monoisotopic (exact) mass is 295 g/mol. The summed E-state index contributed by atoms with van der Waals surface area (Å²) in [6, 6.07) is 4.44. The quantitative estimate of drug-likeness (QED) is 0.854. The van der Waals surface area contributed by atoms with E-state index in [-0.39, 0.29) is 17.7 Å². The van der Waals surface area contributed by atoms with Gasteiger partial charge in [0.15, 0.2) is 0 Å². The third-order valence-electron chi connectivity index (χ3n) is 3.54. The summed E-state index contributed by atoms with van der Waals surface area (Å²) in [5, 5.41) is 3.25. The van der Waals surface area contributed by atoms with Crippen molar-refractivity contribution in [2.24, 2.45) is 0 Å². The molecule has 108 valence electrons. The molecule has 0 amide bonds. The van der Waals surface area contributed by atoms with E-state index in [0.29, 0.717) is 17.7 Å². The van der Waals surface area contributed by atoms with E-state index < -0.39 is 0 Å². The Morgan fingerprint density at radius 3 is 2.35 bits per heavy atom. The molecule has 1 nitrogen and oxygen atoms in total. The van der Waals surface area contributed by atoms with Crippen LogP contribution in [0.3, 0.4) is 0 Å². The van der Waals surface area contributed by atoms with Crippen LogP contribution in [0.4, 0.5) is 8.78 Å². The molecule has 1 heterocycles. The molecular formula is C16H19F2NS. The molecule has 2 aromatic rings. The predicted octanol–water partition coefficient (Wildman–Crippen LogP) is 4.80. The van der Waals surface area contributed by atoms with E-state index in [1.165, 1.54) is 27.5 Å². The maximum atomic E-state index is 13.9. The Bertz CT molecular complexity index is 600. The van der Waals surface area contributed by atoms with Crippen molar-refractivity contribution in [2.75, 3.05) is 0 Å². The fourth-order valence-electron chi connectivity index (χ4n) is 2.09. The summed E-state index contributed by atoms with van der Waals surface area (Å²) in [6.07, 6.45) is 0. The Kier molecular flexibility index (Phi) is 4.55. The van der Waals surface area contributed by atoms with E-state index in [1.54, 1.807) is 18.3 Å². The van der Waals surface area contributed by atoms with Crippen LogP contribution in [0.1, 0.15) is 39.4 Å². The molecule has 0 fully saturated rings. The Labute approximate surface area is 122 Å². The Balaban J connectivity index is 2.08. The van der Waals surface area contributed by atoms with Gasteiger partial charge in [-0.1, -0.05) is 0 Å². The lowest BCUT2D eigenvalue weighted by atomic mass is 10.0. The van der Waals surface area contributed by atoms with Gasteiger partial charge in [-0.25, -0.2) is 8.78 Å². The summed E-state index contributed by atoms with van der Waals surface area (Å²) in [5.41, 5.74) is 1.98. The number of thiophene rings is 1. The van der Waals surface area contributed by atoms with Crippen molar-refractivity contribution >= 4 is 11.3 Å². The number of benzene rings is 1. The second kappa shape index (κ2) is 6.02. The largest absolute Gasteiger partial charge is 0.305 e. The first-order chi connectivity index (χ1) is 9.38. The lowest BCUT2D eigenvalue weighted by molar-refractivity contribution is 0.518. The van der Waals surface area contributed by atoms with E-state index in [2.05, 4.69) is 25.2 Å². The molecule has 0 aliphatic carbocycles. The molecule has 0 aliphatic heterocycles. The first kappa shape index (κ1) is 15.1. The van der Waals surface area contributed by atoms with Gasteiger partial charge in [0.05, 0.1) is 0 Å². The van der Waals surface area contributed by atoms with Gasteiger partial charge >= 0.3 is 0 Å². The average molecular weight is 295 g/mol. The summed E-state index contributed by atoms with van der Waals surface area (Å²) >= 11 is 1.73. The van der Waals surface area contributed by atoms with Crippen molar-refractivity contribution in [3.8, 4) is 0 Å². The van der Waals surface area contributed by atoms with Gasteiger partial charge < -0.3 is 5.32 Å². The van der Waals surface area contributed by atoms with Gasteiger partial charge in [-0.2, -0.15) is 0 Å². The van der Waals surface area contributed by atoms with Gasteiger partial charge in [0, 0.05) is 27.9 Å². The minimum atomic E-state index is -0.363. The zero-order valence-electron chi connectivity index (χ0n) is 12.2. The van der Waals surface area contributed by atoms with Gasteiger partial charge in [0.2, 0.25) is 0 Å². The maximum absolute atomic E-state index is 13.9. The first-order valence-corrected chi connectivity index (χ1v) is 7.45. The molecule has 0 bridgehead atoms. The molecule has 4 heteroatoms. The maximum Gasteiger partial charge on any atom is 0.128 e. The summed E-state index contributed by atoms with van der Waals surface area (Å²) in [4.78, 5) is 2.50. The van der Waals surface area contributed by atoms with E-state index in [4.69, 9.17) is 0 Å². The van der Waals surface area contributed by atoms with Crippen LogP contribution in [0.2, 0.25) is 0 Å². The van der Waals surface area contributed by atoms with Crippen LogP contribution in [0.5, 0.6) is 0 Å². The molecule has 20 heavy (non-hydrogen) atoms. The van der Waals surface area contributed by atoms with Crippen molar-refractivity contribution in [1.82, 2.24) is 5.32 Å². The second-order valence-corrected chi connectivity index (χ2v) is 6.52. The number of hydrogen-bond acceptors (Lipinski definition) is 2. The summed E-state index contributed by atoms with van der Waals surface area (Å²) < 4.78 is 27.4. The van der Waals surface area contributed by atoms with Gasteiger partial charge in [-0.3, -0.25) is 0 Å². The number of rotatable bonds is 4. The Morgan fingerprint density at radius 2 is 1.75 bits per heavy atom. The molecule has 1 aromatic carbocycles. The summed E-state index contributed by atoms with van der Waals surface area (Å²) in [6.45, 7) is 8.24. The van der Waals surface area contributed by atoms with Gasteiger partial charge in [-0.05, 0) is 57.0 Å². The van der Waals surface area contributed by atoms with Crippen LogP contribution < -0.4 is 5.32 Å². The van der Waals surface area contributed by atoms with E-state index in [0.717, 1.165) is 0 Å². The topological polar surface area (TPSA) is 12.0 Å². The first-order valence-electron chi connectivity index (χ1n) is 6.63. The van der Waals surface area contributed by atoms with E-state index >= 15 is 0 Å². The normalized spacial score (nSPS) is 12.7. The SMILES string of the molecule is Cc1cc(F)c(C(C)NCc2cc(C)c(C)s2)cc1F. The van der Waals surface area contributed by atoms with Gasteiger partial charge in [-0.15, -0.1) is 11.3 Å². The fourth-order valence-corrected chi connectivity index (χ4v) is 3.10. The van der Waals surface area contributed by atoms with Crippen molar-refractivity contribution in [1.29, 1.82) is 0 Å². The van der Waals surface area contributed by atoms with Crippen LogP contribution >= 0.6 is 11.3 Å². The Hall–Kier alpha value is -1.26. The van der Waals surface area contributed by atoms with Crippen LogP contribution in [0.15, 0.2) is 18.2 Å². The molecule has 0 radical (unpaired) electrons. The molecule has 0 saturated carbocycles. The van der Waals surface area contributed by atoms with Crippen molar-refractivity contribution < 1.29 is 8.78 Å². The highest BCUT2D eigenvalue weighted by Crippen LogP contribution is 2.23. The predicted molar refractivity (Wildman–Crippen MR) is 80.1 cm³/mol. The summed E-state index contributed by atoms with van der Waals surface area (Å²) in [7, 11) is 0. The summed E-state index contributed by atoms with van der Waals surface area (Å²) in [5.74, 6) is -0.722. The highest BCUT2D eigenvalue weighted by molar-refractivity contribution is 7.12. The molecule has 0 aliphatic rings. The molecule has 1 unspecified atom stereocenters. The molecule has 0 saturated heterocycles. The number of hydrogen-bond donors (Lipinski definition) is 1. The zero-order valence-corrected chi connectivity index (χ0v) is 13.0. The molecular weight excluding hydrogens is 276 g/mol. The van der Waals surface area contributed by atoms with Crippen LogP contribution in [-0.4, -0.2) is 0 Å². The molecule has 1 atom stereocenters. The third kappa shape index (κ3) is 3.25. The Morgan fingerprint density at radius 1 is 1.05 bits per heavy atom. The smallest absolute Gasteiger partial charge is 0.128 e. The van der Waals surface area contributed by atoms with Crippen LogP contribution in [0.25, 0.3) is 0 Å². The third-order valence-corrected chi connectivity index (χ3v) is 4.70. The molecule has 0 spiro atoms. The van der Waals surface area contributed by atoms with Crippen molar-refractivity contribution in [2.45, 2.75) is 40.3 Å². The molecule has 1 aromatic heterocycles. The van der Waals surface area contributed by atoms with Crippen LogP contribution in [0, 0.1) is 32.4 Å².